The zero-order valence-electron chi connectivity index (χ0n) is 11.5. The first-order valence-electron chi connectivity index (χ1n) is 6.32. The number of aryl methyl sites for hydroxylation is 3. The van der Waals surface area contributed by atoms with E-state index in [9.17, 15) is 4.39 Å². The molecule has 0 spiro atoms. The predicted octanol–water partition coefficient (Wildman–Crippen LogP) is 3.30. The third-order valence-corrected chi connectivity index (χ3v) is 3.40. The zero-order valence-corrected chi connectivity index (χ0v) is 11.5. The van der Waals surface area contributed by atoms with Crippen LogP contribution in [0.4, 0.5) is 4.39 Å². The summed E-state index contributed by atoms with van der Waals surface area (Å²) in [6, 6.07) is 10.9. The standard InChI is InChI=1S/C16H19FN2/c1-10-7-13(9-14(17)8-10)16(19-18)15-11(2)5-4-6-12(15)3/h4-9,16,19H,18H2,1-3H3. The van der Waals surface area contributed by atoms with Gasteiger partial charge in [-0.3, -0.25) is 5.84 Å². The Morgan fingerprint density at radius 3 is 2.21 bits per heavy atom. The number of hydrogen-bond acceptors (Lipinski definition) is 2. The third kappa shape index (κ3) is 2.83. The highest BCUT2D eigenvalue weighted by Gasteiger charge is 2.17. The van der Waals surface area contributed by atoms with E-state index in [2.05, 4.69) is 5.43 Å². The van der Waals surface area contributed by atoms with E-state index in [-0.39, 0.29) is 11.9 Å². The van der Waals surface area contributed by atoms with Gasteiger partial charge in [-0.25, -0.2) is 9.82 Å². The second-order valence-corrected chi connectivity index (χ2v) is 4.97. The van der Waals surface area contributed by atoms with Crippen molar-refractivity contribution in [1.29, 1.82) is 0 Å². The molecule has 1 unspecified atom stereocenters. The smallest absolute Gasteiger partial charge is 0.123 e. The van der Waals surface area contributed by atoms with E-state index >= 15 is 0 Å². The number of rotatable bonds is 3. The highest BCUT2D eigenvalue weighted by atomic mass is 19.1. The van der Waals surface area contributed by atoms with E-state index in [4.69, 9.17) is 5.84 Å². The Labute approximate surface area is 113 Å². The van der Waals surface area contributed by atoms with Gasteiger partial charge in [-0.1, -0.05) is 24.3 Å². The lowest BCUT2D eigenvalue weighted by Gasteiger charge is -2.21. The minimum atomic E-state index is -0.235. The number of halogens is 1. The van der Waals surface area contributed by atoms with Crippen molar-refractivity contribution in [1.82, 2.24) is 5.43 Å². The summed E-state index contributed by atoms with van der Waals surface area (Å²) in [7, 11) is 0. The van der Waals surface area contributed by atoms with Crippen molar-refractivity contribution in [2.45, 2.75) is 26.8 Å². The summed E-state index contributed by atoms with van der Waals surface area (Å²) >= 11 is 0. The van der Waals surface area contributed by atoms with Gasteiger partial charge < -0.3 is 0 Å². The van der Waals surface area contributed by atoms with Crippen LogP contribution in [0.2, 0.25) is 0 Å². The van der Waals surface area contributed by atoms with Crippen LogP contribution in [0.5, 0.6) is 0 Å². The summed E-state index contributed by atoms with van der Waals surface area (Å²) in [4.78, 5) is 0. The molecule has 0 saturated carbocycles. The normalized spacial score (nSPS) is 12.5. The van der Waals surface area contributed by atoms with E-state index in [1.165, 1.54) is 12.1 Å². The molecule has 3 heteroatoms. The van der Waals surface area contributed by atoms with Gasteiger partial charge in [-0.05, 0) is 60.7 Å². The Bertz CT molecular complexity index is 553. The van der Waals surface area contributed by atoms with E-state index < -0.39 is 0 Å². The van der Waals surface area contributed by atoms with Crippen LogP contribution < -0.4 is 11.3 Å². The molecular weight excluding hydrogens is 239 g/mol. The van der Waals surface area contributed by atoms with Gasteiger partial charge >= 0.3 is 0 Å². The van der Waals surface area contributed by atoms with Crippen molar-refractivity contribution < 1.29 is 4.39 Å². The van der Waals surface area contributed by atoms with Gasteiger partial charge in [0.05, 0.1) is 6.04 Å². The van der Waals surface area contributed by atoms with Crippen molar-refractivity contribution >= 4 is 0 Å². The van der Waals surface area contributed by atoms with Gasteiger partial charge in [0.1, 0.15) is 5.82 Å². The van der Waals surface area contributed by atoms with E-state index in [0.29, 0.717) is 0 Å². The first-order chi connectivity index (χ1) is 9.02. The molecule has 0 amide bonds. The van der Waals surface area contributed by atoms with Crippen LogP contribution in [-0.4, -0.2) is 0 Å². The van der Waals surface area contributed by atoms with Crippen LogP contribution >= 0.6 is 0 Å². The van der Waals surface area contributed by atoms with Gasteiger partial charge in [-0.2, -0.15) is 0 Å². The number of hydrazine groups is 1. The molecule has 3 N–H and O–H groups in total. The Morgan fingerprint density at radius 1 is 1.05 bits per heavy atom. The number of benzene rings is 2. The fourth-order valence-corrected chi connectivity index (χ4v) is 2.56. The fraction of sp³-hybridized carbons (Fsp3) is 0.250. The first kappa shape index (κ1) is 13.7. The van der Waals surface area contributed by atoms with Crippen LogP contribution in [0, 0.1) is 26.6 Å². The van der Waals surface area contributed by atoms with Crippen molar-refractivity contribution in [2.24, 2.45) is 5.84 Å². The summed E-state index contributed by atoms with van der Waals surface area (Å²) in [5, 5.41) is 0. The Morgan fingerprint density at radius 2 is 1.68 bits per heavy atom. The molecule has 0 bridgehead atoms. The summed E-state index contributed by atoms with van der Waals surface area (Å²) in [6.07, 6.45) is 0. The SMILES string of the molecule is Cc1cc(F)cc(C(NN)c2c(C)cccc2C)c1. The molecular formula is C16H19FN2. The van der Waals surface area contributed by atoms with Crippen LogP contribution in [0.25, 0.3) is 0 Å². The number of hydrogen-bond donors (Lipinski definition) is 2. The summed E-state index contributed by atoms with van der Waals surface area (Å²) in [5.74, 6) is 5.47. The van der Waals surface area contributed by atoms with Crippen molar-refractivity contribution in [3.05, 3.63) is 70.0 Å². The van der Waals surface area contributed by atoms with E-state index in [1.54, 1.807) is 0 Å². The average Bonchev–Trinajstić information content (AvgIpc) is 2.32. The molecule has 0 aliphatic rings. The summed E-state index contributed by atoms with van der Waals surface area (Å²) < 4.78 is 13.6. The first-order valence-corrected chi connectivity index (χ1v) is 6.32. The van der Waals surface area contributed by atoms with Gasteiger partial charge in [0.25, 0.3) is 0 Å². The van der Waals surface area contributed by atoms with Gasteiger partial charge in [0.2, 0.25) is 0 Å². The topological polar surface area (TPSA) is 38.0 Å². The lowest BCUT2D eigenvalue weighted by molar-refractivity contribution is 0.601. The highest BCUT2D eigenvalue weighted by Crippen LogP contribution is 2.28. The molecule has 0 saturated heterocycles. The molecule has 0 radical (unpaired) electrons. The van der Waals surface area contributed by atoms with Crippen molar-refractivity contribution in [3.63, 3.8) is 0 Å². The Hall–Kier alpha value is -1.71. The molecule has 0 aromatic heterocycles. The minimum absolute atomic E-state index is 0.199. The van der Waals surface area contributed by atoms with Crippen LogP contribution in [0.1, 0.15) is 33.9 Å². The maximum absolute atomic E-state index is 13.6. The maximum atomic E-state index is 13.6. The summed E-state index contributed by atoms with van der Waals surface area (Å²) in [5.41, 5.74) is 7.93. The molecule has 0 fully saturated rings. The number of nitrogens with two attached hydrogens (primary N) is 1. The molecule has 2 aromatic rings. The zero-order chi connectivity index (χ0) is 14.0. The second-order valence-electron chi connectivity index (χ2n) is 4.97. The highest BCUT2D eigenvalue weighted by molar-refractivity contribution is 5.42. The van der Waals surface area contributed by atoms with E-state index in [0.717, 1.165) is 27.8 Å². The molecule has 0 aliphatic carbocycles. The molecule has 0 aliphatic heterocycles. The molecule has 2 nitrogen and oxygen atoms in total. The second kappa shape index (κ2) is 5.51. The molecule has 2 rings (SSSR count). The molecule has 1 atom stereocenters. The number of nitrogens with one attached hydrogen (secondary N) is 1. The molecule has 0 heterocycles. The third-order valence-electron chi connectivity index (χ3n) is 3.40. The molecule has 100 valence electrons. The quantitative estimate of drug-likeness (QED) is 0.655. The lowest BCUT2D eigenvalue weighted by atomic mass is 9.91. The van der Waals surface area contributed by atoms with Gasteiger partial charge in [0.15, 0.2) is 0 Å². The van der Waals surface area contributed by atoms with Crippen LogP contribution in [-0.2, 0) is 0 Å². The average molecular weight is 258 g/mol. The van der Waals surface area contributed by atoms with Gasteiger partial charge in [0, 0.05) is 0 Å². The lowest BCUT2D eigenvalue weighted by Crippen LogP contribution is -2.30. The van der Waals surface area contributed by atoms with Crippen molar-refractivity contribution in [3.8, 4) is 0 Å². The van der Waals surface area contributed by atoms with Crippen LogP contribution in [0.15, 0.2) is 36.4 Å². The largest absolute Gasteiger partial charge is 0.271 e. The van der Waals surface area contributed by atoms with Crippen LogP contribution in [0.3, 0.4) is 0 Å². The molecule has 2 aromatic carbocycles. The predicted molar refractivity (Wildman–Crippen MR) is 76.2 cm³/mol. The Kier molecular flexibility index (Phi) is 3.98. The van der Waals surface area contributed by atoms with Crippen molar-refractivity contribution in [2.75, 3.05) is 0 Å². The van der Waals surface area contributed by atoms with Gasteiger partial charge in [-0.15, -0.1) is 0 Å². The fourth-order valence-electron chi connectivity index (χ4n) is 2.56. The Balaban J connectivity index is 2.56. The maximum Gasteiger partial charge on any atom is 0.123 e. The van der Waals surface area contributed by atoms with E-state index in [1.807, 2.05) is 45.0 Å². The minimum Gasteiger partial charge on any atom is -0.271 e. The molecule has 19 heavy (non-hydrogen) atoms. The monoisotopic (exact) mass is 258 g/mol. The summed E-state index contributed by atoms with van der Waals surface area (Å²) in [6.45, 7) is 5.96.